The predicted molar refractivity (Wildman–Crippen MR) is 118 cm³/mol. The molecule has 0 bridgehead atoms. The lowest BCUT2D eigenvalue weighted by molar-refractivity contribution is 0.317. The van der Waals surface area contributed by atoms with Gasteiger partial charge in [-0.05, 0) is 37.3 Å². The van der Waals surface area contributed by atoms with E-state index in [4.69, 9.17) is 4.42 Å². The third-order valence-electron chi connectivity index (χ3n) is 4.84. The van der Waals surface area contributed by atoms with Crippen LogP contribution in [0.1, 0.15) is 29.5 Å². The summed E-state index contributed by atoms with van der Waals surface area (Å²) in [6.45, 7) is 1.78. The Morgan fingerprint density at radius 2 is 1.65 bits per heavy atom. The Morgan fingerprint density at radius 3 is 2.29 bits per heavy atom. The lowest BCUT2D eigenvalue weighted by Gasteiger charge is -2.18. The molecule has 8 nitrogen and oxygen atoms in total. The van der Waals surface area contributed by atoms with Gasteiger partial charge in [-0.3, -0.25) is 4.72 Å². The summed E-state index contributed by atoms with van der Waals surface area (Å²) in [5.74, 6) is 1.14. The van der Waals surface area contributed by atoms with Gasteiger partial charge in [0.1, 0.15) is 17.6 Å². The number of benzene rings is 2. The zero-order chi connectivity index (χ0) is 22.2. The van der Waals surface area contributed by atoms with Gasteiger partial charge in [-0.2, -0.15) is 9.52 Å². The van der Waals surface area contributed by atoms with Crippen molar-refractivity contribution >= 4 is 31.4 Å². The number of sulfonamides is 2. The van der Waals surface area contributed by atoms with Crippen LogP contribution in [-0.2, 0) is 20.0 Å². The van der Waals surface area contributed by atoms with Gasteiger partial charge in [0.05, 0.1) is 22.6 Å². The molecule has 1 aliphatic rings. The molecule has 31 heavy (non-hydrogen) atoms. The Bertz CT molecular complexity index is 1350. The van der Waals surface area contributed by atoms with E-state index >= 15 is 0 Å². The van der Waals surface area contributed by atoms with Crippen molar-refractivity contribution in [1.29, 1.82) is 0 Å². The van der Waals surface area contributed by atoms with Crippen molar-refractivity contribution in [3.8, 4) is 0 Å². The highest BCUT2D eigenvalue weighted by molar-refractivity contribution is 7.92. The Labute approximate surface area is 181 Å². The summed E-state index contributed by atoms with van der Waals surface area (Å²) in [7, 11) is -7.50. The van der Waals surface area contributed by atoms with E-state index in [1.165, 1.54) is 12.1 Å². The summed E-state index contributed by atoms with van der Waals surface area (Å²) in [6.07, 6.45) is 1.32. The molecule has 162 valence electrons. The maximum absolute atomic E-state index is 12.8. The van der Waals surface area contributed by atoms with E-state index < -0.39 is 26.1 Å². The molecule has 0 aliphatic carbocycles. The van der Waals surface area contributed by atoms with Gasteiger partial charge >= 0.3 is 0 Å². The third kappa shape index (κ3) is 4.35. The zero-order valence-electron chi connectivity index (χ0n) is 16.9. The molecule has 0 saturated heterocycles. The summed E-state index contributed by atoms with van der Waals surface area (Å²) in [5.41, 5.74) is 1.26. The van der Waals surface area contributed by atoms with Gasteiger partial charge in [0, 0.05) is 12.0 Å². The zero-order valence-corrected chi connectivity index (χ0v) is 18.5. The fourth-order valence-electron chi connectivity index (χ4n) is 3.43. The third-order valence-corrected chi connectivity index (χ3v) is 7.23. The van der Waals surface area contributed by atoms with E-state index in [0.717, 1.165) is 10.7 Å². The average molecular weight is 460 g/mol. The first-order chi connectivity index (χ1) is 14.6. The molecule has 10 heteroatoms. The number of para-hydroxylation sites is 1. The van der Waals surface area contributed by atoms with Crippen molar-refractivity contribution in [2.45, 2.75) is 24.3 Å². The second-order valence-electron chi connectivity index (χ2n) is 7.21. The lowest BCUT2D eigenvalue weighted by Crippen LogP contribution is -2.25. The topological polar surface area (TPSA) is 109 Å². The molecule has 3 aromatic rings. The quantitative estimate of drug-likeness (QED) is 0.607. The molecule has 1 atom stereocenters. The standard InChI is InChI=1S/C21H21N3O5S2/c1-15-12-13-21(29-15)20-14-19(22-24(20)30(2,25)26)17-10-6-7-11-18(17)23-31(27,28)16-8-4-3-5-9-16/h3-13,20,23H,14H2,1-2H3. The molecule has 2 heterocycles. The van der Waals surface area contributed by atoms with E-state index in [0.29, 0.717) is 28.5 Å². The van der Waals surface area contributed by atoms with Gasteiger partial charge in [-0.15, -0.1) is 0 Å². The fourth-order valence-corrected chi connectivity index (χ4v) is 5.42. The van der Waals surface area contributed by atoms with Crippen molar-refractivity contribution in [2.24, 2.45) is 5.10 Å². The monoisotopic (exact) mass is 459 g/mol. The first kappa shape index (κ1) is 21.1. The highest BCUT2D eigenvalue weighted by Gasteiger charge is 2.37. The molecule has 1 N–H and O–H groups in total. The van der Waals surface area contributed by atoms with E-state index in [9.17, 15) is 16.8 Å². The highest BCUT2D eigenvalue weighted by Crippen LogP contribution is 2.37. The SMILES string of the molecule is Cc1ccc(C2CC(c3ccccc3NS(=O)(=O)c3ccccc3)=NN2S(C)(=O)=O)o1. The number of anilines is 1. The molecule has 0 spiro atoms. The summed E-state index contributed by atoms with van der Waals surface area (Å²) in [4.78, 5) is 0.125. The summed E-state index contributed by atoms with van der Waals surface area (Å²) in [5, 5.41) is 4.33. The van der Waals surface area contributed by atoms with Crippen LogP contribution in [0.2, 0.25) is 0 Å². The van der Waals surface area contributed by atoms with Gasteiger partial charge in [0.2, 0.25) is 10.0 Å². The van der Waals surface area contributed by atoms with Crippen LogP contribution in [0.25, 0.3) is 0 Å². The highest BCUT2D eigenvalue weighted by atomic mass is 32.2. The lowest BCUT2D eigenvalue weighted by atomic mass is 10.0. The van der Waals surface area contributed by atoms with Crippen LogP contribution < -0.4 is 4.72 Å². The predicted octanol–water partition coefficient (Wildman–Crippen LogP) is 3.50. The number of hydrogen-bond donors (Lipinski definition) is 1. The number of rotatable bonds is 6. The van der Waals surface area contributed by atoms with Crippen LogP contribution in [0, 0.1) is 6.92 Å². The molecule has 4 rings (SSSR count). The number of aryl methyl sites for hydroxylation is 1. The minimum absolute atomic E-state index is 0.125. The number of nitrogens with one attached hydrogen (secondary N) is 1. The largest absolute Gasteiger partial charge is 0.464 e. The van der Waals surface area contributed by atoms with E-state index in [2.05, 4.69) is 9.82 Å². The van der Waals surface area contributed by atoms with Crippen molar-refractivity contribution in [3.63, 3.8) is 0 Å². The molecule has 0 amide bonds. The van der Waals surface area contributed by atoms with Crippen LogP contribution >= 0.6 is 0 Å². The number of hydrazone groups is 1. The molecule has 0 fully saturated rings. The van der Waals surface area contributed by atoms with Crippen LogP contribution in [0.5, 0.6) is 0 Å². The average Bonchev–Trinajstić information content (AvgIpc) is 3.35. The summed E-state index contributed by atoms with van der Waals surface area (Å²) < 4.78 is 59.6. The fraction of sp³-hybridized carbons (Fsp3) is 0.190. The van der Waals surface area contributed by atoms with Crippen molar-refractivity contribution in [1.82, 2.24) is 4.41 Å². The Morgan fingerprint density at radius 1 is 0.968 bits per heavy atom. The van der Waals surface area contributed by atoms with Gasteiger partial charge in [0.25, 0.3) is 10.0 Å². The van der Waals surface area contributed by atoms with Crippen LogP contribution in [0.3, 0.4) is 0 Å². The normalized spacial score (nSPS) is 16.9. The second kappa shape index (κ2) is 7.86. The number of hydrogen-bond acceptors (Lipinski definition) is 6. The minimum atomic E-state index is -3.83. The molecule has 1 aromatic heterocycles. The van der Waals surface area contributed by atoms with E-state index in [-0.39, 0.29) is 11.3 Å². The van der Waals surface area contributed by atoms with E-state index in [1.807, 2.05) is 0 Å². The molecule has 0 saturated carbocycles. The molecule has 0 radical (unpaired) electrons. The Hall–Kier alpha value is -3.11. The number of furan rings is 1. The van der Waals surface area contributed by atoms with Gasteiger partial charge in [-0.25, -0.2) is 16.8 Å². The maximum atomic E-state index is 12.8. The molecular weight excluding hydrogens is 438 g/mol. The minimum Gasteiger partial charge on any atom is -0.464 e. The van der Waals surface area contributed by atoms with Crippen molar-refractivity contribution < 1.29 is 21.3 Å². The number of nitrogens with zero attached hydrogens (tertiary/aromatic N) is 2. The van der Waals surface area contributed by atoms with Gasteiger partial charge in [-0.1, -0.05) is 36.4 Å². The Kier molecular flexibility index (Phi) is 5.36. The van der Waals surface area contributed by atoms with Crippen LogP contribution in [0.15, 0.2) is 81.1 Å². The smallest absolute Gasteiger partial charge is 0.261 e. The maximum Gasteiger partial charge on any atom is 0.261 e. The van der Waals surface area contributed by atoms with Crippen molar-refractivity contribution in [3.05, 3.63) is 83.8 Å². The van der Waals surface area contributed by atoms with E-state index in [1.54, 1.807) is 61.5 Å². The Balaban J connectivity index is 1.72. The summed E-state index contributed by atoms with van der Waals surface area (Å²) >= 11 is 0. The van der Waals surface area contributed by atoms with Gasteiger partial charge < -0.3 is 4.42 Å². The first-order valence-corrected chi connectivity index (χ1v) is 12.8. The van der Waals surface area contributed by atoms with Crippen LogP contribution in [-0.4, -0.2) is 33.2 Å². The van der Waals surface area contributed by atoms with Crippen molar-refractivity contribution in [2.75, 3.05) is 11.0 Å². The molecular formula is C21H21N3O5S2. The first-order valence-electron chi connectivity index (χ1n) is 9.45. The second-order valence-corrected chi connectivity index (χ2v) is 10.7. The molecule has 1 unspecified atom stereocenters. The molecule has 2 aromatic carbocycles. The van der Waals surface area contributed by atoms with Crippen LogP contribution in [0.4, 0.5) is 5.69 Å². The van der Waals surface area contributed by atoms with Gasteiger partial charge in [0.15, 0.2) is 0 Å². The summed E-state index contributed by atoms with van der Waals surface area (Å²) in [6, 6.07) is 17.6. The molecule has 1 aliphatic heterocycles.